The maximum Gasteiger partial charge on any atom is 0.275 e. The van der Waals surface area contributed by atoms with Gasteiger partial charge in [-0.15, -0.1) is 0 Å². The predicted octanol–water partition coefficient (Wildman–Crippen LogP) is 3.95. The Bertz CT molecular complexity index is 139. The summed E-state index contributed by atoms with van der Waals surface area (Å²) in [4.78, 5) is 0. The Morgan fingerprint density at radius 1 is 1.08 bits per heavy atom. The number of rotatable bonds is 4. The molecule has 0 N–H and O–H groups in total. The summed E-state index contributed by atoms with van der Waals surface area (Å²) in [5, 5.41) is 0. The van der Waals surface area contributed by atoms with E-state index in [1.54, 1.807) is 0 Å². The van der Waals surface area contributed by atoms with Crippen LogP contribution in [0.2, 0.25) is 0 Å². The van der Waals surface area contributed by atoms with E-state index in [4.69, 9.17) is 0 Å². The molecule has 13 heavy (non-hydrogen) atoms. The maximum absolute atomic E-state index is 12.5. The molecule has 0 spiro atoms. The normalized spacial score (nSPS) is 20.5. The highest BCUT2D eigenvalue weighted by atomic mass is 19.3. The first-order valence-electron chi connectivity index (χ1n) is 5.08. The topological polar surface area (TPSA) is 0 Å². The summed E-state index contributed by atoms with van der Waals surface area (Å²) >= 11 is 0. The van der Waals surface area contributed by atoms with Gasteiger partial charge in [0.05, 0.1) is 0 Å². The standard InChI is InChI=1S/C10H17F3/c11-8-10(12,13)7-6-9-4-2-1-3-5-9/h9H,1-8H2. The summed E-state index contributed by atoms with van der Waals surface area (Å²) < 4.78 is 36.8. The molecule has 0 bridgehead atoms. The molecule has 0 heterocycles. The summed E-state index contributed by atoms with van der Waals surface area (Å²) in [7, 11) is 0. The van der Waals surface area contributed by atoms with Crippen LogP contribution in [0.1, 0.15) is 44.9 Å². The van der Waals surface area contributed by atoms with Crippen molar-refractivity contribution in [1.29, 1.82) is 0 Å². The Morgan fingerprint density at radius 3 is 2.23 bits per heavy atom. The van der Waals surface area contributed by atoms with Crippen LogP contribution in [-0.2, 0) is 0 Å². The minimum atomic E-state index is -3.07. The van der Waals surface area contributed by atoms with Crippen LogP contribution in [0.5, 0.6) is 0 Å². The third kappa shape index (κ3) is 4.01. The summed E-state index contributed by atoms with van der Waals surface area (Å²) in [6.45, 7) is -1.50. The molecule has 1 rings (SSSR count). The van der Waals surface area contributed by atoms with E-state index in [2.05, 4.69) is 0 Å². The molecular formula is C10H17F3. The van der Waals surface area contributed by atoms with Gasteiger partial charge in [-0.05, 0) is 12.3 Å². The molecule has 78 valence electrons. The molecule has 0 aromatic heterocycles. The monoisotopic (exact) mass is 194 g/mol. The van der Waals surface area contributed by atoms with Gasteiger partial charge in [0.15, 0.2) is 6.67 Å². The molecule has 0 atom stereocenters. The molecular weight excluding hydrogens is 177 g/mol. The first-order valence-corrected chi connectivity index (χ1v) is 5.08. The molecule has 0 nitrogen and oxygen atoms in total. The predicted molar refractivity (Wildman–Crippen MR) is 46.7 cm³/mol. The van der Waals surface area contributed by atoms with Crippen molar-refractivity contribution >= 4 is 0 Å². The number of hydrogen-bond acceptors (Lipinski definition) is 0. The van der Waals surface area contributed by atoms with Crippen LogP contribution >= 0.6 is 0 Å². The SMILES string of the molecule is FCC(F)(F)CCC1CCCCC1. The second-order valence-corrected chi connectivity index (χ2v) is 4.03. The van der Waals surface area contributed by atoms with Gasteiger partial charge in [-0.2, -0.15) is 0 Å². The van der Waals surface area contributed by atoms with E-state index in [0.717, 1.165) is 25.7 Å². The average molecular weight is 194 g/mol. The fraction of sp³-hybridized carbons (Fsp3) is 1.00. The summed E-state index contributed by atoms with van der Waals surface area (Å²) in [6, 6.07) is 0. The minimum absolute atomic E-state index is 0.270. The third-order valence-corrected chi connectivity index (χ3v) is 2.84. The van der Waals surface area contributed by atoms with Crippen LogP contribution < -0.4 is 0 Å². The first-order chi connectivity index (χ1) is 6.14. The van der Waals surface area contributed by atoms with Gasteiger partial charge in [0.25, 0.3) is 5.92 Å². The van der Waals surface area contributed by atoms with Crippen molar-refractivity contribution in [1.82, 2.24) is 0 Å². The van der Waals surface area contributed by atoms with Crippen molar-refractivity contribution in [3.05, 3.63) is 0 Å². The number of alkyl halides is 3. The Balaban J connectivity index is 2.17. The van der Waals surface area contributed by atoms with Crippen LogP contribution in [-0.4, -0.2) is 12.6 Å². The Kier molecular flexibility index (Phi) is 4.07. The van der Waals surface area contributed by atoms with Crippen molar-refractivity contribution in [3.8, 4) is 0 Å². The molecule has 0 aliphatic heterocycles. The van der Waals surface area contributed by atoms with Crippen molar-refractivity contribution in [2.75, 3.05) is 6.67 Å². The van der Waals surface area contributed by atoms with E-state index >= 15 is 0 Å². The highest BCUT2D eigenvalue weighted by molar-refractivity contribution is 4.71. The van der Waals surface area contributed by atoms with Crippen molar-refractivity contribution < 1.29 is 13.2 Å². The first kappa shape index (κ1) is 10.9. The molecule has 1 aliphatic rings. The quantitative estimate of drug-likeness (QED) is 0.635. The van der Waals surface area contributed by atoms with Gasteiger partial charge < -0.3 is 0 Å². The highest BCUT2D eigenvalue weighted by Gasteiger charge is 2.29. The molecule has 0 aromatic carbocycles. The van der Waals surface area contributed by atoms with E-state index in [1.165, 1.54) is 6.42 Å². The fourth-order valence-electron chi connectivity index (χ4n) is 1.96. The molecule has 1 fully saturated rings. The molecule has 0 amide bonds. The van der Waals surface area contributed by atoms with Crippen LogP contribution in [0.4, 0.5) is 13.2 Å². The molecule has 0 aromatic rings. The summed E-state index contributed by atoms with van der Waals surface area (Å²) in [6.07, 6.45) is 5.89. The maximum atomic E-state index is 12.5. The van der Waals surface area contributed by atoms with Crippen LogP contribution in [0, 0.1) is 5.92 Å². The van der Waals surface area contributed by atoms with Crippen molar-refractivity contribution in [3.63, 3.8) is 0 Å². The number of hydrogen-bond donors (Lipinski definition) is 0. The van der Waals surface area contributed by atoms with Gasteiger partial charge in [-0.25, -0.2) is 13.2 Å². The zero-order chi connectivity index (χ0) is 9.73. The molecule has 3 heteroatoms. The van der Waals surface area contributed by atoms with Crippen molar-refractivity contribution in [2.24, 2.45) is 5.92 Å². The molecule has 0 saturated heterocycles. The Hall–Kier alpha value is -0.210. The number of halogens is 3. The van der Waals surface area contributed by atoms with Gasteiger partial charge in [-0.3, -0.25) is 0 Å². The van der Waals surface area contributed by atoms with Crippen LogP contribution in [0.25, 0.3) is 0 Å². The van der Waals surface area contributed by atoms with Gasteiger partial charge in [0.2, 0.25) is 0 Å². The molecule has 0 unspecified atom stereocenters. The summed E-state index contributed by atoms with van der Waals surface area (Å²) in [5.41, 5.74) is 0. The highest BCUT2D eigenvalue weighted by Crippen LogP contribution is 2.31. The van der Waals surface area contributed by atoms with E-state index in [-0.39, 0.29) is 6.42 Å². The van der Waals surface area contributed by atoms with Gasteiger partial charge in [0, 0.05) is 6.42 Å². The zero-order valence-electron chi connectivity index (χ0n) is 7.87. The molecule has 1 aliphatic carbocycles. The largest absolute Gasteiger partial charge is 0.275 e. The Morgan fingerprint density at radius 2 is 1.69 bits per heavy atom. The minimum Gasteiger partial charge on any atom is -0.244 e. The van der Waals surface area contributed by atoms with Crippen LogP contribution in [0.3, 0.4) is 0 Å². The Labute approximate surface area is 77.5 Å². The lowest BCUT2D eigenvalue weighted by atomic mass is 9.85. The molecule has 0 radical (unpaired) electrons. The van der Waals surface area contributed by atoms with E-state index < -0.39 is 12.6 Å². The second kappa shape index (κ2) is 4.87. The molecule has 1 saturated carbocycles. The zero-order valence-corrected chi connectivity index (χ0v) is 7.87. The second-order valence-electron chi connectivity index (χ2n) is 4.03. The van der Waals surface area contributed by atoms with Crippen LogP contribution in [0.15, 0.2) is 0 Å². The lowest BCUT2D eigenvalue weighted by Gasteiger charge is -2.23. The van der Waals surface area contributed by atoms with Gasteiger partial charge in [0.1, 0.15) is 0 Å². The van der Waals surface area contributed by atoms with E-state index in [9.17, 15) is 13.2 Å². The van der Waals surface area contributed by atoms with Gasteiger partial charge >= 0.3 is 0 Å². The van der Waals surface area contributed by atoms with E-state index in [1.807, 2.05) is 0 Å². The third-order valence-electron chi connectivity index (χ3n) is 2.84. The lowest BCUT2D eigenvalue weighted by Crippen LogP contribution is -2.20. The smallest absolute Gasteiger partial charge is 0.244 e. The average Bonchev–Trinajstić information content (AvgIpc) is 2.17. The summed E-state index contributed by atoms with van der Waals surface area (Å²) in [5.74, 6) is -2.65. The lowest BCUT2D eigenvalue weighted by molar-refractivity contribution is -0.0359. The fourth-order valence-corrected chi connectivity index (χ4v) is 1.96. The van der Waals surface area contributed by atoms with E-state index in [0.29, 0.717) is 12.3 Å². The van der Waals surface area contributed by atoms with Crippen molar-refractivity contribution in [2.45, 2.75) is 50.9 Å². The van der Waals surface area contributed by atoms with Gasteiger partial charge in [-0.1, -0.05) is 32.1 Å².